The Hall–Kier alpha value is -10.3. The minimum absolute atomic E-state index is 0.0209. The highest BCUT2D eigenvalue weighted by atomic mass is 16.6. The number of oxazole rings is 1. The van der Waals surface area contributed by atoms with E-state index in [0.29, 0.717) is 189 Å². The fraction of sp³-hybridized carbons (Fsp3) is 0.551. The van der Waals surface area contributed by atoms with E-state index < -0.39 is 23.9 Å². The quantitative estimate of drug-likeness (QED) is 0.00778. The molecule has 3 fully saturated rings. The molecule has 2 aromatic carbocycles. The van der Waals surface area contributed by atoms with E-state index in [1.54, 1.807) is 13.2 Å². The molecule has 4 aliphatic rings. The van der Waals surface area contributed by atoms with Crippen LogP contribution in [0.15, 0.2) is 113 Å². The van der Waals surface area contributed by atoms with E-state index in [0.717, 1.165) is 97.6 Å². The molecule has 8 unspecified atom stereocenters. The number of aliphatic hydroxyl groups is 1. The van der Waals surface area contributed by atoms with Crippen LogP contribution < -0.4 is 32.3 Å². The van der Waals surface area contributed by atoms with Gasteiger partial charge in [0, 0.05) is 101 Å². The van der Waals surface area contributed by atoms with Gasteiger partial charge in [-0.3, -0.25) is 28.8 Å². The number of allylic oxidation sites excluding steroid dienone is 6. The molecule has 5 aromatic heterocycles. The number of aliphatic hydroxyl groups excluding tert-OH is 1. The van der Waals surface area contributed by atoms with Gasteiger partial charge in [-0.05, 0) is 161 Å². The minimum Gasteiger partial charge on any atom is -0.465 e. The number of fused-ring (bicyclic) bond motifs is 3. The zero-order chi connectivity index (χ0) is 85.6. The molecule has 8 N–H and O–H groups in total. The van der Waals surface area contributed by atoms with Crippen LogP contribution in [-0.4, -0.2) is 227 Å². The number of hydrogen-bond acceptors (Lipinski definition) is 29. The Labute approximate surface area is 707 Å². The smallest absolute Gasteiger partial charge is 0.293 e. The predicted molar refractivity (Wildman–Crippen MR) is 457 cm³/mol. The molecule has 2 amide bonds. The second kappa shape index (κ2) is 46.6. The summed E-state index contributed by atoms with van der Waals surface area (Å²) >= 11 is 0. The number of nitrogens with two attached hydrogens (primary N) is 3. The van der Waals surface area contributed by atoms with E-state index in [9.17, 15) is 33.9 Å². The van der Waals surface area contributed by atoms with Gasteiger partial charge in [-0.2, -0.15) is 15.1 Å². The number of carbonyl (C=O) groups is 6. The third-order valence-electron chi connectivity index (χ3n) is 23.1. The number of nitrogens with zero attached hydrogens (tertiary/aromatic N) is 12. The average molecular weight is 1670 g/mol. The highest BCUT2D eigenvalue weighted by molar-refractivity contribution is 6.27. The first-order valence-corrected chi connectivity index (χ1v) is 42.5. The maximum Gasteiger partial charge on any atom is 0.293 e. The normalized spacial score (nSPS) is 19.0. The van der Waals surface area contributed by atoms with Crippen LogP contribution in [0.1, 0.15) is 164 Å². The summed E-state index contributed by atoms with van der Waals surface area (Å²) in [5.74, 6) is 1.16. The van der Waals surface area contributed by atoms with Crippen LogP contribution >= 0.6 is 0 Å². The number of ether oxygens (including phenoxy) is 8. The number of benzene rings is 2. The molecule has 1 saturated carbocycles. The lowest BCUT2D eigenvalue weighted by Gasteiger charge is -2.34. The number of anilines is 5. The van der Waals surface area contributed by atoms with Crippen LogP contribution in [-0.2, 0) is 88.0 Å². The van der Waals surface area contributed by atoms with E-state index in [1.807, 2.05) is 90.2 Å². The number of nitrogen functional groups attached to an aromatic ring is 3. The number of amides is 2. The van der Waals surface area contributed by atoms with Crippen molar-refractivity contribution >= 4 is 87.8 Å². The molecule has 0 radical (unpaired) electrons. The summed E-state index contributed by atoms with van der Waals surface area (Å²) in [6, 6.07) is 11.9. The number of aromatic nitrogens is 9. The average Bonchev–Trinajstić information content (AvgIpc) is 1.61. The fourth-order valence-corrected chi connectivity index (χ4v) is 16.0. The minimum atomic E-state index is -0.872. The third-order valence-corrected chi connectivity index (χ3v) is 23.1. The Balaban J connectivity index is 0.478. The number of piperazine rings is 1. The van der Waals surface area contributed by atoms with Crippen molar-refractivity contribution in [2.75, 3.05) is 126 Å². The monoisotopic (exact) mass is 1670 g/mol. The van der Waals surface area contributed by atoms with Crippen LogP contribution in [0.5, 0.6) is 0 Å². The molecule has 0 spiro atoms. The lowest BCUT2D eigenvalue weighted by molar-refractivity contribution is -0.145. The van der Waals surface area contributed by atoms with Gasteiger partial charge in [-0.15, -0.1) is 0 Å². The van der Waals surface area contributed by atoms with E-state index in [1.165, 1.54) is 18.1 Å². The molecule has 8 atom stereocenters. The summed E-state index contributed by atoms with van der Waals surface area (Å²) in [7, 11) is 1.65. The second-order valence-corrected chi connectivity index (χ2v) is 32.1. The molecule has 1 aliphatic carbocycles. The van der Waals surface area contributed by atoms with Gasteiger partial charge < -0.3 is 84.6 Å². The molecule has 0 bridgehead atoms. The van der Waals surface area contributed by atoms with Gasteiger partial charge in [-0.1, -0.05) is 75.4 Å². The molecule has 2 saturated heterocycles. The molecule has 652 valence electrons. The Morgan fingerprint density at radius 2 is 1.45 bits per heavy atom. The van der Waals surface area contributed by atoms with Gasteiger partial charge in [0.25, 0.3) is 18.4 Å². The van der Waals surface area contributed by atoms with Crippen molar-refractivity contribution in [2.45, 2.75) is 194 Å². The Morgan fingerprint density at radius 3 is 2.18 bits per heavy atom. The number of hydrogen-bond donors (Lipinski definition) is 5. The van der Waals surface area contributed by atoms with Crippen molar-refractivity contribution in [3.63, 3.8) is 0 Å². The van der Waals surface area contributed by atoms with Crippen molar-refractivity contribution < 1.29 is 76.2 Å². The molecule has 32 nitrogen and oxygen atoms in total. The third kappa shape index (κ3) is 27.3. The molecule has 8 heterocycles. The van der Waals surface area contributed by atoms with Crippen molar-refractivity contribution in [3.8, 4) is 11.3 Å². The largest absolute Gasteiger partial charge is 0.465 e. The summed E-state index contributed by atoms with van der Waals surface area (Å²) in [6.45, 7) is 17.9. The van der Waals surface area contributed by atoms with Gasteiger partial charge in [-0.25, -0.2) is 29.6 Å². The van der Waals surface area contributed by atoms with Crippen molar-refractivity contribution in [3.05, 3.63) is 137 Å². The molecule has 32 heteroatoms. The highest BCUT2D eigenvalue weighted by Gasteiger charge is 2.32. The lowest BCUT2D eigenvalue weighted by Crippen LogP contribution is -2.47. The number of carbonyl (C=O) groups excluding carboxylic acids is 6. The van der Waals surface area contributed by atoms with Crippen molar-refractivity contribution in [2.24, 2.45) is 23.7 Å². The van der Waals surface area contributed by atoms with Crippen LogP contribution in [0.2, 0.25) is 0 Å². The van der Waals surface area contributed by atoms with Crippen LogP contribution in [0.25, 0.3) is 33.4 Å². The van der Waals surface area contributed by atoms with Gasteiger partial charge in [0.1, 0.15) is 47.2 Å². The Bertz CT molecular complexity index is 4670. The summed E-state index contributed by atoms with van der Waals surface area (Å²) in [6.07, 6.45) is 28.6. The summed E-state index contributed by atoms with van der Waals surface area (Å²) in [4.78, 5) is 111. The lowest BCUT2D eigenvalue weighted by atomic mass is 9.83. The summed E-state index contributed by atoms with van der Waals surface area (Å²) in [5.41, 5.74) is 27.9. The van der Waals surface area contributed by atoms with Gasteiger partial charge in [0.05, 0.1) is 108 Å². The first-order valence-electron chi connectivity index (χ1n) is 42.5. The molecule has 7 aromatic rings. The van der Waals surface area contributed by atoms with E-state index in [2.05, 4.69) is 83.2 Å². The highest BCUT2D eigenvalue weighted by Crippen LogP contribution is 2.36. The number of ketones is 2. The number of Topliss-reactive ketones (excluding diaryl/α,β-unsaturated/α-hetero) is 2. The molecular weight excluding hydrogens is 1550 g/mol. The van der Waals surface area contributed by atoms with E-state index in [-0.39, 0.29) is 97.2 Å². The Kier molecular flexibility index (Phi) is 35.2. The standard InChI is InChI=1S/C89H120N16O16/c1-58(11-8-7-9-12-60(3)79(113-6)47-71-13-10-14-78(120-71)76(110)54-106)43-61(4)74(108)48-75(109)62(5)44-59(2)15-22-70(119-57-107)25-19-63-17-23-69(24-18-63)118-55-65-49-94-88(95-50-65)102-31-33-103(34-32-102)89-96-51-72(83(90)100-89)86(112)93-29-36-115-38-40-117-42-41-116-39-37-114-35-28-80(111)104-30-27-66-45-64(16-20-68(66)53-104)52-105-85-81(84(91)97-56-98-85)82(101-105)67-21-26-77-73(46-67)99-87(92)121-77/h7-9,11-12,16,20-21,26,44-46,49-51,54,56-59,61,63,69-71,75,78-79,109H,10,13-15,17-19,22-25,27-43,47-48,52-53,55H2,1-6H3,(H2,92,99)(H,93,112)(H2,90,96,100)(H2,91,97,98)/b9-7+,11-8+,60-12+,62-44+. The maximum absolute atomic E-state index is 13.3. The number of aldehydes is 1. The second-order valence-electron chi connectivity index (χ2n) is 32.1. The van der Waals surface area contributed by atoms with Crippen molar-refractivity contribution in [1.82, 2.24) is 54.9 Å². The maximum atomic E-state index is 13.3. The van der Waals surface area contributed by atoms with Gasteiger partial charge in [0.2, 0.25) is 23.6 Å². The van der Waals surface area contributed by atoms with E-state index in [4.69, 9.17) is 64.6 Å². The topological polar surface area (TPSA) is 417 Å². The summed E-state index contributed by atoms with van der Waals surface area (Å²) in [5, 5.41) is 19.5. The number of methoxy groups -OCH3 is 1. The first kappa shape index (κ1) is 91.4. The van der Waals surface area contributed by atoms with Crippen LogP contribution in [0.4, 0.5) is 29.5 Å². The predicted octanol–water partition coefficient (Wildman–Crippen LogP) is 10.0. The number of rotatable bonds is 48. The fourth-order valence-electron chi connectivity index (χ4n) is 16.0. The van der Waals surface area contributed by atoms with E-state index >= 15 is 0 Å². The first-order chi connectivity index (χ1) is 58.7. The SMILES string of the molecule is COC(CC1CCCC(C(=O)C=O)O1)/C(C)=C/C=C/C=C/C(C)CC(C)C(=O)CC(O)/C(C)=C/C(C)CCC(CCC1CCC(OCc2cnc(N3CCN(c4ncc(C(=O)NCCOCCOCCOCCOCCC(=O)N5CCc6cc(Cn7nc(-c8ccc9oc(N)nc9c8)c8c(N)ncnc87)ccc6C5)c(N)n4)CC3)nc2)CC1)OC=O. The molecular formula is C89H120N16O16. The summed E-state index contributed by atoms with van der Waals surface area (Å²) < 4.78 is 53.5. The molecule has 11 rings (SSSR count). The van der Waals surface area contributed by atoms with Crippen molar-refractivity contribution in [1.29, 1.82) is 0 Å². The van der Waals surface area contributed by atoms with Crippen LogP contribution in [0.3, 0.4) is 0 Å². The van der Waals surface area contributed by atoms with Gasteiger partial charge >= 0.3 is 0 Å². The van der Waals surface area contributed by atoms with Crippen LogP contribution in [0, 0.1) is 23.7 Å². The Morgan fingerprint density at radius 1 is 0.727 bits per heavy atom. The molecule has 3 aliphatic heterocycles. The zero-order valence-electron chi connectivity index (χ0n) is 70.7. The molecule has 121 heavy (non-hydrogen) atoms. The van der Waals surface area contributed by atoms with Gasteiger partial charge in [0.15, 0.2) is 17.5 Å². The number of nitrogens with one attached hydrogen (secondary N) is 1. The zero-order valence-corrected chi connectivity index (χ0v) is 70.7.